The second kappa shape index (κ2) is 6.42. The summed E-state index contributed by atoms with van der Waals surface area (Å²) in [6.45, 7) is 0.808. The molecule has 2 heterocycles. The Morgan fingerprint density at radius 3 is 2.70 bits per heavy atom. The van der Waals surface area contributed by atoms with Crippen molar-refractivity contribution in [2.45, 2.75) is 12.8 Å². The molecule has 1 saturated heterocycles. The van der Waals surface area contributed by atoms with Gasteiger partial charge < -0.3 is 15.3 Å². The fraction of sp³-hybridized carbons (Fsp3) is 0.357. The molecule has 0 radical (unpaired) electrons. The topological polar surface area (TPSA) is 113 Å². The van der Waals surface area contributed by atoms with Crippen LogP contribution in [0.25, 0.3) is 5.69 Å². The monoisotopic (exact) mass is 316 g/mol. The molecular weight excluding hydrogens is 300 g/mol. The number of carboxylic acids is 1. The Morgan fingerprint density at radius 2 is 2.04 bits per heavy atom. The summed E-state index contributed by atoms with van der Waals surface area (Å²) in [5.41, 5.74) is 1.40. The molecule has 1 fully saturated rings. The van der Waals surface area contributed by atoms with Crippen molar-refractivity contribution in [3.63, 3.8) is 0 Å². The molecule has 0 spiro atoms. The fourth-order valence-corrected chi connectivity index (χ4v) is 2.54. The van der Waals surface area contributed by atoms with E-state index in [2.05, 4.69) is 20.8 Å². The molecule has 0 bridgehead atoms. The van der Waals surface area contributed by atoms with Crippen LogP contribution in [-0.4, -0.2) is 55.3 Å². The van der Waals surface area contributed by atoms with Crippen molar-refractivity contribution in [3.05, 3.63) is 30.6 Å². The first-order valence-electron chi connectivity index (χ1n) is 7.25. The lowest BCUT2D eigenvalue weighted by atomic mass is 9.99. The molecule has 9 nitrogen and oxygen atoms in total. The fourth-order valence-electron chi connectivity index (χ4n) is 2.54. The molecule has 1 aliphatic heterocycles. The number of tetrazole rings is 1. The van der Waals surface area contributed by atoms with Crippen LogP contribution >= 0.6 is 0 Å². The quantitative estimate of drug-likeness (QED) is 0.873. The van der Waals surface area contributed by atoms with Crippen LogP contribution in [-0.2, 0) is 4.79 Å². The van der Waals surface area contributed by atoms with Crippen LogP contribution in [0.5, 0.6) is 0 Å². The lowest BCUT2D eigenvalue weighted by Gasteiger charge is -2.30. The van der Waals surface area contributed by atoms with Gasteiger partial charge >= 0.3 is 12.0 Å². The summed E-state index contributed by atoms with van der Waals surface area (Å²) >= 11 is 0. The van der Waals surface area contributed by atoms with Gasteiger partial charge in [0.2, 0.25) is 0 Å². The first-order valence-corrected chi connectivity index (χ1v) is 7.25. The van der Waals surface area contributed by atoms with Crippen LogP contribution in [0.2, 0.25) is 0 Å². The molecule has 9 heteroatoms. The number of hydrogen-bond acceptors (Lipinski definition) is 5. The van der Waals surface area contributed by atoms with Gasteiger partial charge in [-0.25, -0.2) is 9.48 Å². The normalized spacial score (nSPS) is 17.7. The van der Waals surface area contributed by atoms with Gasteiger partial charge in [-0.3, -0.25) is 4.79 Å². The maximum Gasteiger partial charge on any atom is 0.321 e. The largest absolute Gasteiger partial charge is 0.481 e. The van der Waals surface area contributed by atoms with Gasteiger partial charge in [-0.15, -0.1) is 5.10 Å². The highest BCUT2D eigenvalue weighted by molar-refractivity contribution is 5.89. The number of nitrogens with zero attached hydrogens (tertiary/aromatic N) is 5. The van der Waals surface area contributed by atoms with E-state index in [1.807, 2.05) is 0 Å². The number of likely N-dealkylation sites (tertiary alicyclic amines) is 1. The molecule has 1 unspecified atom stereocenters. The zero-order chi connectivity index (χ0) is 16.2. The van der Waals surface area contributed by atoms with Crippen molar-refractivity contribution in [3.8, 4) is 5.69 Å². The number of carbonyl (C=O) groups is 2. The maximum atomic E-state index is 12.2. The van der Waals surface area contributed by atoms with Gasteiger partial charge in [0.25, 0.3) is 0 Å². The minimum atomic E-state index is -0.853. The van der Waals surface area contributed by atoms with E-state index in [9.17, 15) is 9.59 Å². The number of hydrogen-bond donors (Lipinski definition) is 2. The summed E-state index contributed by atoms with van der Waals surface area (Å²) < 4.78 is 1.51. The Hall–Kier alpha value is -2.97. The minimum absolute atomic E-state index is 0.240. The van der Waals surface area contributed by atoms with Crippen LogP contribution in [0.3, 0.4) is 0 Å². The van der Waals surface area contributed by atoms with Gasteiger partial charge in [-0.1, -0.05) is 0 Å². The third-order valence-corrected chi connectivity index (χ3v) is 3.79. The average molecular weight is 316 g/mol. The second-order valence-electron chi connectivity index (χ2n) is 5.35. The number of nitrogens with one attached hydrogen (secondary N) is 1. The lowest BCUT2D eigenvalue weighted by molar-refractivity contribution is -0.143. The van der Waals surface area contributed by atoms with Crippen molar-refractivity contribution in [2.24, 2.45) is 5.92 Å². The highest BCUT2D eigenvalue weighted by Crippen LogP contribution is 2.18. The highest BCUT2D eigenvalue weighted by Gasteiger charge is 2.28. The molecule has 2 N–H and O–H groups in total. The van der Waals surface area contributed by atoms with Crippen molar-refractivity contribution >= 4 is 17.7 Å². The van der Waals surface area contributed by atoms with Gasteiger partial charge in [0.1, 0.15) is 6.33 Å². The third-order valence-electron chi connectivity index (χ3n) is 3.79. The Labute approximate surface area is 131 Å². The Balaban J connectivity index is 1.62. The molecule has 120 valence electrons. The molecular formula is C14H16N6O3. The molecule has 2 aromatic rings. The van der Waals surface area contributed by atoms with Crippen molar-refractivity contribution in [1.82, 2.24) is 25.1 Å². The number of aromatic nitrogens is 4. The zero-order valence-electron chi connectivity index (χ0n) is 12.3. The van der Waals surface area contributed by atoms with E-state index in [0.29, 0.717) is 25.1 Å². The number of aliphatic carboxylic acids is 1. The molecule has 23 heavy (non-hydrogen) atoms. The minimum Gasteiger partial charge on any atom is -0.481 e. The van der Waals surface area contributed by atoms with Crippen LogP contribution in [0, 0.1) is 5.92 Å². The van der Waals surface area contributed by atoms with Crippen LogP contribution in [0.15, 0.2) is 30.6 Å². The number of rotatable bonds is 3. The lowest BCUT2D eigenvalue weighted by Crippen LogP contribution is -2.44. The van der Waals surface area contributed by atoms with E-state index >= 15 is 0 Å². The van der Waals surface area contributed by atoms with E-state index in [1.165, 1.54) is 15.9 Å². The van der Waals surface area contributed by atoms with Crippen LogP contribution in [0.1, 0.15) is 12.8 Å². The van der Waals surface area contributed by atoms with E-state index < -0.39 is 11.9 Å². The van der Waals surface area contributed by atoms with E-state index in [1.54, 1.807) is 24.3 Å². The number of benzene rings is 1. The van der Waals surface area contributed by atoms with Gasteiger partial charge in [0.05, 0.1) is 11.6 Å². The molecule has 1 aliphatic rings. The van der Waals surface area contributed by atoms with E-state index in [-0.39, 0.29) is 12.6 Å². The Kier molecular flexibility index (Phi) is 4.18. The van der Waals surface area contributed by atoms with Gasteiger partial charge in [-0.05, 0) is 47.5 Å². The third kappa shape index (κ3) is 3.44. The van der Waals surface area contributed by atoms with Crippen molar-refractivity contribution in [1.29, 1.82) is 0 Å². The molecule has 1 aromatic heterocycles. The van der Waals surface area contributed by atoms with Crippen molar-refractivity contribution < 1.29 is 14.7 Å². The van der Waals surface area contributed by atoms with E-state index in [4.69, 9.17) is 5.11 Å². The van der Waals surface area contributed by atoms with Gasteiger partial charge in [0.15, 0.2) is 0 Å². The summed E-state index contributed by atoms with van der Waals surface area (Å²) in [4.78, 5) is 24.8. The molecule has 0 aliphatic carbocycles. The molecule has 2 amide bonds. The summed E-state index contributed by atoms with van der Waals surface area (Å²) in [6.07, 6.45) is 2.79. The average Bonchev–Trinajstić information content (AvgIpc) is 3.10. The highest BCUT2D eigenvalue weighted by atomic mass is 16.4. The first kappa shape index (κ1) is 14.9. The SMILES string of the molecule is O=C(O)C1CCCN(C(=O)Nc2ccc(-n3cnnn3)cc2)C1. The first-order chi connectivity index (χ1) is 11.1. The van der Waals surface area contributed by atoms with Crippen LogP contribution < -0.4 is 5.32 Å². The maximum absolute atomic E-state index is 12.2. The predicted molar refractivity (Wildman–Crippen MR) is 80.1 cm³/mol. The Bertz CT molecular complexity index is 685. The zero-order valence-corrected chi connectivity index (χ0v) is 12.3. The summed E-state index contributed by atoms with van der Waals surface area (Å²) in [5.74, 6) is -1.34. The second-order valence-corrected chi connectivity index (χ2v) is 5.35. The number of urea groups is 1. The van der Waals surface area contributed by atoms with Gasteiger partial charge in [-0.2, -0.15) is 0 Å². The molecule has 0 saturated carbocycles. The number of anilines is 1. The number of carbonyl (C=O) groups excluding carboxylic acids is 1. The standard InChI is InChI=1S/C14H16N6O3/c21-13(22)10-2-1-7-19(8-10)14(23)16-11-3-5-12(6-4-11)20-9-15-17-18-20/h3-6,9-10H,1-2,7-8H2,(H,16,23)(H,21,22). The van der Waals surface area contributed by atoms with Crippen molar-refractivity contribution in [2.75, 3.05) is 18.4 Å². The van der Waals surface area contributed by atoms with Crippen LogP contribution in [0.4, 0.5) is 10.5 Å². The summed E-state index contributed by atoms with van der Waals surface area (Å²) in [5, 5.41) is 22.7. The molecule has 3 rings (SSSR count). The summed E-state index contributed by atoms with van der Waals surface area (Å²) in [7, 11) is 0. The number of piperidine rings is 1. The Morgan fingerprint density at radius 1 is 1.26 bits per heavy atom. The number of carboxylic acid groups (broad SMARTS) is 1. The summed E-state index contributed by atoms with van der Waals surface area (Å²) in [6, 6.07) is 6.76. The predicted octanol–water partition coefficient (Wildman–Crippen LogP) is 0.991. The molecule has 1 atom stereocenters. The smallest absolute Gasteiger partial charge is 0.321 e. The van der Waals surface area contributed by atoms with E-state index in [0.717, 1.165) is 5.69 Å². The number of amides is 2. The van der Waals surface area contributed by atoms with Gasteiger partial charge in [0, 0.05) is 18.8 Å². The molecule has 1 aromatic carbocycles.